The molecule has 1 saturated heterocycles. The minimum atomic E-state index is -3.83. The molecular formula is C19H23ClFN3O3S. The van der Waals surface area contributed by atoms with Gasteiger partial charge in [0.25, 0.3) is 15.9 Å². The van der Waals surface area contributed by atoms with Crippen molar-refractivity contribution in [3.63, 3.8) is 0 Å². The lowest BCUT2D eigenvalue weighted by Gasteiger charge is -2.35. The number of piperidine rings is 1. The number of nitrogens with zero attached hydrogens (tertiary/aromatic N) is 1. The first-order chi connectivity index (χ1) is 12.9. The Bertz CT molecular complexity index is 905. The lowest BCUT2D eigenvalue weighted by atomic mass is 10.0. The number of carbonyl (C=O) groups excluding carboxylic acids is 1. The Labute approximate surface area is 170 Å². The SMILES string of the molecule is Cl.NCC1CCCCN1C(=O)c1ccc(S(=O)(=O)Nc2ccc(F)cc2)cc1. The number of hydrogen-bond acceptors (Lipinski definition) is 4. The molecule has 3 N–H and O–H groups in total. The number of amides is 1. The van der Waals surface area contributed by atoms with E-state index in [9.17, 15) is 17.6 Å². The maximum Gasteiger partial charge on any atom is 0.261 e. The van der Waals surface area contributed by atoms with Gasteiger partial charge in [-0.3, -0.25) is 9.52 Å². The Morgan fingerprint density at radius 2 is 1.75 bits per heavy atom. The summed E-state index contributed by atoms with van der Waals surface area (Å²) in [5.74, 6) is -0.588. The molecular weight excluding hydrogens is 405 g/mol. The second-order valence-corrected chi connectivity index (χ2v) is 8.20. The molecule has 0 spiro atoms. The number of halogens is 2. The van der Waals surface area contributed by atoms with E-state index < -0.39 is 15.8 Å². The van der Waals surface area contributed by atoms with Gasteiger partial charge in [0, 0.05) is 30.4 Å². The zero-order valence-electron chi connectivity index (χ0n) is 15.2. The summed E-state index contributed by atoms with van der Waals surface area (Å²) >= 11 is 0. The highest BCUT2D eigenvalue weighted by molar-refractivity contribution is 7.92. The van der Waals surface area contributed by atoms with Crippen molar-refractivity contribution in [1.82, 2.24) is 4.90 Å². The fraction of sp³-hybridized carbons (Fsp3) is 0.316. The van der Waals surface area contributed by atoms with Gasteiger partial charge in [-0.25, -0.2) is 12.8 Å². The average Bonchev–Trinajstić information content (AvgIpc) is 2.69. The van der Waals surface area contributed by atoms with Crippen LogP contribution in [0.2, 0.25) is 0 Å². The van der Waals surface area contributed by atoms with Crippen LogP contribution in [0.25, 0.3) is 0 Å². The number of nitrogens with two attached hydrogens (primary N) is 1. The molecule has 1 fully saturated rings. The summed E-state index contributed by atoms with van der Waals surface area (Å²) < 4.78 is 40.2. The summed E-state index contributed by atoms with van der Waals surface area (Å²) in [5, 5.41) is 0. The van der Waals surface area contributed by atoms with Gasteiger partial charge in [-0.15, -0.1) is 12.4 Å². The van der Waals surface area contributed by atoms with E-state index in [1.54, 1.807) is 4.90 Å². The first kappa shape index (κ1) is 22.1. The van der Waals surface area contributed by atoms with Gasteiger partial charge in [-0.05, 0) is 67.8 Å². The molecule has 0 aromatic heterocycles. The summed E-state index contributed by atoms with van der Waals surface area (Å²) in [7, 11) is -3.83. The van der Waals surface area contributed by atoms with Gasteiger partial charge >= 0.3 is 0 Å². The zero-order valence-corrected chi connectivity index (χ0v) is 16.8. The maximum absolute atomic E-state index is 12.9. The topological polar surface area (TPSA) is 92.5 Å². The Balaban J connectivity index is 0.00000280. The lowest BCUT2D eigenvalue weighted by molar-refractivity contribution is 0.0623. The summed E-state index contributed by atoms with van der Waals surface area (Å²) in [4.78, 5) is 14.5. The van der Waals surface area contributed by atoms with E-state index in [-0.39, 0.29) is 34.9 Å². The molecule has 6 nitrogen and oxygen atoms in total. The molecule has 1 amide bonds. The van der Waals surface area contributed by atoms with E-state index in [0.717, 1.165) is 19.3 Å². The summed E-state index contributed by atoms with van der Waals surface area (Å²) in [6.07, 6.45) is 2.88. The number of likely N-dealkylation sites (tertiary alicyclic amines) is 1. The van der Waals surface area contributed by atoms with Crippen molar-refractivity contribution < 1.29 is 17.6 Å². The van der Waals surface area contributed by atoms with Crippen molar-refractivity contribution in [3.05, 3.63) is 59.9 Å². The molecule has 0 radical (unpaired) electrons. The van der Waals surface area contributed by atoms with E-state index in [1.165, 1.54) is 48.5 Å². The third kappa shape index (κ3) is 5.01. The van der Waals surface area contributed by atoms with Gasteiger partial charge in [0.15, 0.2) is 0 Å². The van der Waals surface area contributed by atoms with Crippen molar-refractivity contribution in [2.75, 3.05) is 17.8 Å². The Hall–Kier alpha value is -2.16. The normalized spacial score (nSPS) is 16.9. The summed E-state index contributed by atoms with van der Waals surface area (Å²) in [6, 6.07) is 10.8. The molecule has 0 aliphatic carbocycles. The van der Waals surface area contributed by atoms with Gasteiger partial charge in [-0.1, -0.05) is 0 Å². The molecule has 9 heteroatoms. The zero-order chi connectivity index (χ0) is 19.4. The van der Waals surface area contributed by atoms with Crippen LogP contribution in [0.3, 0.4) is 0 Å². The van der Waals surface area contributed by atoms with Crippen LogP contribution in [-0.2, 0) is 10.0 Å². The van der Waals surface area contributed by atoms with Crippen molar-refractivity contribution in [2.45, 2.75) is 30.2 Å². The fourth-order valence-corrected chi connectivity index (χ4v) is 4.25. The fourth-order valence-electron chi connectivity index (χ4n) is 3.19. The number of benzene rings is 2. The molecule has 1 atom stereocenters. The Morgan fingerprint density at radius 3 is 2.36 bits per heavy atom. The summed E-state index contributed by atoms with van der Waals surface area (Å²) in [6.45, 7) is 1.08. The van der Waals surface area contributed by atoms with Crippen LogP contribution in [0.1, 0.15) is 29.6 Å². The molecule has 28 heavy (non-hydrogen) atoms. The van der Waals surface area contributed by atoms with Crippen molar-refractivity contribution in [1.29, 1.82) is 0 Å². The standard InChI is InChI=1S/C19H22FN3O3S.ClH/c20-15-6-8-16(9-7-15)22-27(25,26)18-10-4-14(5-11-18)19(24)23-12-2-1-3-17(23)13-21;/h4-11,17,22H,1-3,12-13,21H2;1H. The highest BCUT2D eigenvalue weighted by Crippen LogP contribution is 2.21. The van der Waals surface area contributed by atoms with Crippen LogP contribution in [0.15, 0.2) is 53.4 Å². The predicted molar refractivity (Wildman–Crippen MR) is 109 cm³/mol. The number of carbonyl (C=O) groups is 1. The Kier molecular flexibility index (Phi) is 7.40. The molecule has 3 rings (SSSR count). The lowest BCUT2D eigenvalue weighted by Crippen LogP contribution is -2.47. The van der Waals surface area contributed by atoms with Gasteiger partial charge < -0.3 is 10.6 Å². The van der Waals surface area contributed by atoms with Crippen molar-refractivity contribution in [2.24, 2.45) is 5.73 Å². The number of sulfonamides is 1. The number of nitrogens with one attached hydrogen (secondary N) is 1. The van der Waals surface area contributed by atoms with Crippen molar-refractivity contribution in [3.8, 4) is 0 Å². The monoisotopic (exact) mass is 427 g/mol. The molecule has 1 aliphatic rings. The Morgan fingerprint density at radius 1 is 1.11 bits per heavy atom. The maximum atomic E-state index is 12.9. The van der Waals surface area contributed by atoms with Gasteiger partial charge in [-0.2, -0.15) is 0 Å². The van der Waals surface area contributed by atoms with Crippen LogP contribution in [0.5, 0.6) is 0 Å². The van der Waals surface area contributed by atoms with Crippen molar-refractivity contribution >= 4 is 34.0 Å². The van der Waals surface area contributed by atoms with E-state index in [0.29, 0.717) is 18.7 Å². The second kappa shape index (κ2) is 9.36. The predicted octanol–water partition coefficient (Wildman–Crippen LogP) is 3.00. The van der Waals surface area contributed by atoms with Crippen LogP contribution in [0, 0.1) is 5.82 Å². The van der Waals surface area contributed by atoms with E-state index in [2.05, 4.69) is 4.72 Å². The molecule has 1 aliphatic heterocycles. The number of hydrogen-bond donors (Lipinski definition) is 2. The summed E-state index contributed by atoms with van der Waals surface area (Å²) in [5.41, 5.74) is 6.46. The molecule has 2 aromatic rings. The van der Waals surface area contributed by atoms with E-state index >= 15 is 0 Å². The van der Waals surface area contributed by atoms with Gasteiger partial charge in [0.1, 0.15) is 5.82 Å². The highest BCUT2D eigenvalue weighted by atomic mass is 35.5. The highest BCUT2D eigenvalue weighted by Gasteiger charge is 2.26. The van der Waals surface area contributed by atoms with Gasteiger partial charge in [0.2, 0.25) is 0 Å². The van der Waals surface area contributed by atoms with Crippen LogP contribution >= 0.6 is 12.4 Å². The van der Waals surface area contributed by atoms with Crippen LogP contribution in [0.4, 0.5) is 10.1 Å². The molecule has 0 bridgehead atoms. The minimum absolute atomic E-state index is 0. The third-order valence-corrected chi connectivity index (χ3v) is 6.07. The first-order valence-corrected chi connectivity index (χ1v) is 10.3. The molecule has 2 aromatic carbocycles. The van der Waals surface area contributed by atoms with Gasteiger partial charge in [0.05, 0.1) is 4.90 Å². The smallest absolute Gasteiger partial charge is 0.261 e. The van der Waals surface area contributed by atoms with E-state index in [4.69, 9.17) is 5.73 Å². The quantitative estimate of drug-likeness (QED) is 0.767. The molecule has 1 unspecified atom stereocenters. The van der Waals surface area contributed by atoms with Crippen LogP contribution < -0.4 is 10.5 Å². The van der Waals surface area contributed by atoms with Crippen LogP contribution in [-0.4, -0.2) is 38.4 Å². The molecule has 0 saturated carbocycles. The minimum Gasteiger partial charge on any atom is -0.334 e. The number of rotatable bonds is 5. The molecule has 1 heterocycles. The number of anilines is 1. The first-order valence-electron chi connectivity index (χ1n) is 8.80. The largest absolute Gasteiger partial charge is 0.334 e. The van der Waals surface area contributed by atoms with E-state index in [1.807, 2.05) is 0 Å². The second-order valence-electron chi connectivity index (χ2n) is 6.52. The third-order valence-electron chi connectivity index (χ3n) is 4.67. The molecule has 152 valence electrons. The average molecular weight is 428 g/mol.